The maximum atomic E-state index is 12.1. The van der Waals surface area contributed by atoms with E-state index < -0.39 is 0 Å². The van der Waals surface area contributed by atoms with Gasteiger partial charge in [0.1, 0.15) is 5.82 Å². The highest BCUT2D eigenvalue weighted by molar-refractivity contribution is 8.00. The lowest BCUT2D eigenvalue weighted by Crippen LogP contribution is -2.44. The summed E-state index contributed by atoms with van der Waals surface area (Å²) < 4.78 is 0. The summed E-state index contributed by atoms with van der Waals surface area (Å²) in [5, 5.41) is 10.7. The van der Waals surface area contributed by atoms with Crippen LogP contribution in [-0.4, -0.2) is 31.9 Å². The molecule has 6 heteroatoms. The van der Waals surface area contributed by atoms with Crippen LogP contribution in [0.15, 0.2) is 5.16 Å². The van der Waals surface area contributed by atoms with Crippen LogP contribution in [0.4, 0.5) is 0 Å². The Balaban J connectivity index is 1.79. The number of rotatable bonds is 6. The summed E-state index contributed by atoms with van der Waals surface area (Å²) in [4.78, 5) is 16.6. The third-order valence-electron chi connectivity index (χ3n) is 3.92. The summed E-state index contributed by atoms with van der Waals surface area (Å²) in [7, 11) is 0. The van der Waals surface area contributed by atoms with Crippen molar-refractivity contribution in [2.45, 2.75) is 82.2 Å². The van der Waals surface area contributed by atoms with Gasteiger partial charge in [-0.3, -0.25) is 9.89 Å². The van der Waals surface area contributed by atoms with Crippen molar-refractivity contribution in [2.75, 3.05) is 0 Å². The topological polar surface area (TPSA) is 70.7 Å². The lowest BCUT2D eigenvalue weighted by molar-refractivity contribution is -0.121. The largest absolute Gasteiger partial charge is 0.351 e. The molecule has 1 saturated carbocycles. The molecule has 1 atom stereocenters. The number of carbonyl (C=O) groups is 1. The summed E-state index contributed by atoms with van der Waals surface area (Å²) in [5.74, 6) is 1.82. The maximum absolute atomic E-state index is 12.1. The van der Waals surface area contributed by atoms with Crippen molar-refractivity contribution in [3.8, 4) is 0 Å². The Hall–Kier alpha value is -1.04. The molecule has 1 aliphatic rings. The summed E-state index contributed by atoms with van der Waals surface area (Å²) in [6.45, 7) is 7.84. The second kappa shape index (κ2) is 7.49. The van der Waals surface area contributed by atoms with Crippen LogP contribution in [0.2, 0.25) is 0 Å². The number of carbonyl (C=O) groups excluding carboxylic acids is 1. The first-order chi connectivity index (χ1) is 10.3. The number of hydrogen-bond donors (Lipinski definition) is 2. The first-order valence-corrected chi connectivity index (χ1v) is 9.11. The first-order valence-electron chi connectivity index (χ1n) is 8.23. The Bertz CT molecular complexity index is 489. The van der Waals surface area contributed by atoms with E-state index in [0.29, 0.717) is 5.16 Å². The van der Waals surface area contributed by atoms with Gasteiger partial charge < -0.3 is 5.32 Å². The molecule has 0 aliphatic heterocycles. The molecule has 1 unspecified atom stereocenters. The van der Waals surface area contributed by atoms with Crippen LogP contribution in [0.3, 0.4) is 0 Å². The number of amides is 1. The van der Waals surface area contributed by atoms with Gasteiger partial charge in [0.2, 0.25) is 11.1 Å². The number of thioether (sulfide) groups is 1. The van der Waals surface area contributed by atoms with E-state index in [1.54, 1.807) is 0 Å². The molecule has 1 aromatic heterocycles. The van der Waals surface area contributed by atoms with Crippen molar-refractivity contribution in [1.82, 2.24) is 20.5 Å². The average molecular weight is 324 g/mol. The molecule has 1 aliphatic carbocycles. The minimum atomic E-state index is -0.211. The second-order valence-corrected chi connectivity index (χ2v) is 8.56. The number of aromatic amines is 1. The fourth-order valence-electron chi connectivity index (χ4n) is 2.77. The predicted octanol–water partition coefficient (Wildman–Crippen LogP) is 3.32. The average Bonchev–Trinajstić information content (AvgIpc) is 3.05. The van der Waals surface area contributed by atoms with Crippen LogP contribution in [0.25, 0.3) is 0 Å². The van der Waals surface area contributed by atoms with Gasteiger partial charge in [-0.25, -0.2) is 4.98 Å². The zero-order valence-electron chi connectivity index (χ0n) is 14.1. The summed E-state index contributed by atoms with van der Waals surface area (Å²) >= 11 is 1.41. The maximum Gasteiger partial charge on any atom is 0.233 e. The number of aryl methyl sites for hydroxylation is 1. The van der Waals surface area contributed by atoms with Crippen LogP contribution in [0.5, 0.6) is 0 Å². The van der Waals surface area contributed by atoms with Gasteiger partial charge in [-0.05, 0) is 40.0 Å². The Kier molecular flexibility index (Phi) is 5.89. The van der Waals surface area contributed by atoms with Crippen molar-refractivity contribution in [3.05, 3.63) is 5.82 Å². The molecule has 0 spiro atoms. The Morgan fingerprint density at radius 3 is 2.73 bits per heavy atom. The molecule has 0 bridgehead atoms. The van der Waals surface area contributed by atoms with E-state index in [-0.39, 0.29) is 16.7 Å². The zero-order chi connectivity index (χ0) is 16.2. The van der Waals surface area contributed by atoms with Gasteiger partial charge in [-0.1, -0.05) is 37.4 Å². The number of hydrogen-bond acceptors (Lipinski definition) is 4. The molecular weight excluding hydrogens is 296 g/mol. The highest BCUT2D eigenvalue weighted by Gasteiger charge is 2.22. The zero-order valence-corrected chi connectivity index (χ0v) is 14.9. The second-order valence-electron chi connectivity index (χ2n) is 7.25. The van der Waals surface area contributed by atoms with E-state index in [1.165, 1.54) is 43.9 Å². The lowest BCUT2D eigenvalue weighted by Gasteiger charge is -2.22. The highest BCUT2D eigenvalue weighted by atomic mass is 32.2. The number of H-pyrrole nitrogens is 1. The molecule has 1 aromatic rings. The van der Waals surface area contributed by atoms with Gasteiger partial charge in [0.15, 0.2) is 0 Å². The quantitative estimate of drug-likeness (QED) is 0.788. The van der Waals surface area contributed by atoms with Gasteiger partial charge in [0, 0.05) is 12.0 Å². The molecule has 2 rings (SSSR count). The van der Waals surface area contributed by atoms with Crippen LogP contribution >= 0.6 is 11.8 Å². The van der Waals surface area contributed by atoms with Gasteiger partial charge >= 0.3 is 0 Å². The first kappa shape index (κ1) is 17.3. The lowest BCUT2D eigenvalue weighted by atomic mass is 10.0. The minimum Gasteiger partial charge on any atom is -0.351 e. The van der Waals surface area contributed by atoms with Gasteiger partial charge in [0.05, 0.1) is 5.25 Å². The Labute approximate surface area is 137 Å². The van der Waals surface area contributed by atoms with Crippen LogP contribution in [-0.2, 0) is 11.2 Å². The number of aromatic nitrogens is 3. The van der Waals surface area contributed by atoms with Gasteiger partial charge in [-0.2, -0.15) is 0 Å². The molecule has 2 N–H and O–H groups in total. The minimum absolute atomic E-state index is 0.0230. The third-order valence-corrected chi connectivity index (χ3v) is 4.89. The standard InChI is InChI=1S/C16H28N4OS/c1-11(14(21)18-16(2,3)4)22-15-17-13(19-20-15)10-9-12-7-5-6-8-12/h11-12H,5-10H2,1-4H3,(H,18,21)(H,17,19,20). The molecule has 1 fully saturated rings. The summed E-state index contributed by atoms with van der Waals surface area (Å²) in [5.41, 5.74) is -0.211. The van der Waals surface area contributed by atoms with E-state index >= 15 is 0 Å². The molecule has 124 valence electrons. The van der Waals surface area contributed by atoms with Crippen LogP contribution in [0, 0.1) is 5.92 Å². The fourth-order valence-corrected chi connectivity index (χ4v) is 3.51. The summed E-state index contributed by atoms with van der Waals surface area (Å²) in [6.07, 6.45) is 7.63. The molecule has 0 aromatic carbocycles. The smallest absolute Gasteiger partial charge is 0.233 e. The predicted molar refractivity (Wildman–Crippen MR) is 89.9 cm³/mol. The molecule has 22 heavy (non-hydrogen) atoms. The summed E-state index contributed by atoms with van der Waals surface area (Å²) in [6, 6.07) is 0. The monoisotopic (exact) mass is 324 g/mol. The molecule has 0 saturated heterocycles. The molecular formula is C16H28N4OS. The van der Waals surface area contributed by atoms with Crippen molar-refractivity contribution in [1.29, 1.82) is 0 Å². The van der Waals surface area contributed by atoms with Crippen LogP contribution < -0.4 is 5.32 Å². The van der Waals surface area contributed by atoms with E-state index in [4.69, 9.17) is 0 Å². The molecule has 1 heterocycles. The Morgan fingerprint density at radius 2 is 2.09 bits per heavy atom. The fraction of sp³-hybridized carbons (Fsp3) is 0.812. The van der Waals surface area contributed by atoms with E-state index in [1.807, 2.05) is 27.7 Å². The number of nitrogens with zero attached hydrogens (tertiary/aromatic N) is 2. The molecule has 1 amide bonds. The van der Waals surface area contributed by atoms with E-state index in [0.717, 1.165) is 18.2 Å². The van der Waals surface area contributed by atoms with Crippen molar-refractivity contribution >= 4 is 17.7 Å². The number of nitrogens with one attached hydrogen (secondary N) is 2. The van der Waals surface area contributed by atoms with Crippen molar-refractivity contribution in [2.24, 2.45) is 5.92 Å². The normalized spacial score (nSPS) is 17.6. The SMILES string of the molecule is CC(Sc1n[nH]c(CCC2CCCC2)n1)C(=O)NC(C)(C)C. The van der Waals surface area contributed by atoms with E-state index in [9.17, 15) is 4.79 Å². The highest BCUT2D eigenvalue weighted by Crippen LogP contribution is 2.28. The third kappa shape index (κ3) is 5.63. The van der Waals surface area contributed by atoms with E-state index in [2.05, 4.69) is 20.5 Å². The van der Waals surface area contributed by atoms with Crippen molar-refractivity contribution < 1.29 is 4.79 Å². The Morgan fingerprint density at radius 1 is 1.41 bits per heavy atom. The van der Waals surface area contributed by atoms with Gasteiger partial charge in [0.25, 0.3) is 0 Å². The van der Waals surface area contributed by atoms with Crippen LogP contribution in [0.1, 0.15) is 65.6 Å². The van der Waals surface area contributed by atoms with Gasteiger partial charge in [-0.15, -0.1) is 5.10 Å². The van der Waals surface area contributed by atoms with Crippen molar-refractivity contribution in [3.63, 3.8) is 0 Å². The molecule has 5 nitrogen and oxygen atoms in total. The molecule has 0 radical (unpaired) electrons.